The summed E-state index contributed by atoms with van der Waals surface area (Å²) < 4.78 is 1.56. The van der Waals surface area contributed by atoms with Gasteiger partial charge in [0, 0.05) is 24.6 Å². The summed E-state index contributed by atoms with van der Waals surface area (Å²) in [5, 5.41) is 10.5. The van der Waals surface area contributed by atoms with Crippen LogP contribution in [0.1, 0.15) is 5.56 Å². The van der Waals surface area contributed by atoms with Crippen LogP contribution in [-0.4, -0.2) is 25.7 Å². The van der Waals surface area contributed by atoms with E-state index in [-0.39, 0.29) is 18.0 Å². The first-order chi connectivity index (χ1) is 13.7. The lowest BCUT2D eigenvalue weighted by Gasteiger charge is -2.09. The van der Waals surface area contributed by atoms with Gasteiger partial charge in [-0.15, -0.1) is 0 Å². The zero-order chi connectivity index (χ0) is 19.3. The average Bonchev–Trinajstić information content (AvgIpc) is 3.19. The lowest BCUT2D eigenvalue weighted by atomic mass is 10.2. The van der Waals surface area contributed by atoms with Crippen molar-refractivity contribution in [3.8, 4) is 0 Å². The van der Waals surface area contributed by atoms with E-state index in [1.807, 2.05) is 30.3 Å². The predicted molar refractivity (Wildman–Crippen MR) is 107 cm³/mol. The number of nitrogens with one attached hydrogen (secondary N) is 3. The van der Waals surface area contributed by atoms with Gasteiger partial charge >= 0.3 is 0 Å². The molecule has 2 heterocycles. The molecule has 2 aromatic heterocycles. The first-order valence-electron chi connectivity index (χ1n) is 8.76. The number of H-pyrrole nitrogens is 1. The molecule has 0 saturated carbocycles. The number of aromatic amines is 1. The van der Waals surface area contributed by atoms with Crippen molar-refractivity contribution in [2.24, 2.45) is 0 Å². The highest BCUT2D eigenvalue weighted by atomic mass is 16.2. The van der Waals surface area contributed by atoms with Gasteiger partial charge in [-0.2, -0.15) is 5.10 Å². The highest BCUT2D eigenvalue weighted by Crippen LogP contribution is 2.13. The quantitative estimate of drug-likeness (QED) is 0.481. The Balaban J connectivity index is 1.42. The lowest BCUT2D eigenvalue weighted by Crippen LogP contribution is -2.19. The third kappa shape index (κ3) is 4.07. The van der Waals surface area contributed by atoms with Crippen molar-refractivity contribution in [2.75, 3.05) is 10.6 Å². The van der Waals surface area contributed by atoms with Crippen molar-refractivity contribution in [3.05, 3.63) is 82.9 Å². The molecule has 28 heavy (non-hydrogen) atoms. The van der Waals surface area contributed by atoms with Crippen molar-refractivity contribution in [3.63, 3.8) is 0 Å². The number of hydrogen-bond acceptors (Lipinski definition) is 5. The Kier molecular flexibility index (Phi) is 4.83. The Morgan fingerprint density at radius 3 is 2.86 bits per heavy atom. The summed E-state index contributed by atoms with van der Waals surface area (Å²) in [6, 6.07) is 16.4. The minimum Gasteiger partial charge on any atom is -0.352 e. The first-order valence-corrected chi connectivity index (χ1v) is 8.76. The molecule has 4 aromatic rings. The fourth-order valence-electron chi connectivity index (χ4n) is 2.86. The molecule has 0 unspecified atom stereocenters. The third-order valence-corrected chi connectivity index (χ3v) is 4.15. The smallest absolute Gasteiger partial charge is 0.260 e. The van der Waals surface area contributed by atoms with Crippen LogP contribution in [-0.2, 0) is 17.9 Å². The van der Waals surface area contributed by atoms with Gasteiger partial charge in [0.25, 0.3) is 5.56 Å². The molecule has 8 heteroatoms. The lowest BCUT2D eigenvalue weighted by molar-refractivity contribution is -0.116. The van der Waals surface area contributed by atoms with E-state index in [0.29, 0.717) is 29.1 Å². The number of aromatic nitrogens is 4. The molecule has 0 radical (unpaired) electrons. The summed E-state index contributed by atoms with van der Waals surface area (Å²) in [6.07, 6.45) is 3.36. The van der Waals surface area contributed by atoms with Gasteiger partial charge in [-0.05, 0) is 35.9 Å². The summed E-state index contributed by atoms with van der Waals surface area (Å²) in [7, 11) is 0. The van der Waals surface area contributed by atoms with Gasteiger partial charge in [-0.3, -0.25) is 19.3 Å². The third-order valence-electron chi connectivity index (χ3n) is 4.15. The maximum Gasteiger partial charge on any atom is 0.260 e. The van der Waals surface area contributed by atoms with Crippen LogP contribution in [0.2, 0.25) is 0 Å². The summed E-state index contributed by atoms with van der Waals surface area (Å²) >= 11 is 0. The number of carbonyl (C=O) groups is 1. The van der Waals surface area contributed by atoms with Crippen molar-refractivity contribution < 1.29 is 4.79 Å². The molecule has 3 N–H and O–H groups in total. The maximum absolute atomic E-state index is 12.1. The van der Waals surface area contributed by atoms with E-state index in [9.17, 15) is 9.59 Å². The Bertz CT molecular complexity index is 1170. The van der Waals surface area contributed by atoms with Crippen molar-refractivity contribution >= 4 is 28.4 Å². The molecular formula is C20H18N6O2. The van der Waals surface area contributed by atoms with Crippen LogP contribution in [0.25, 0.3) is 10.9 Å². The monoisotopic (exact) mass is 374 g/mol. The Labute approximate surface area is 160 Å². The van der Waals surface area contributed by atoms with E-state index in [4.69, 9.17) is 0 Å². The van der Waals surface area contributed by atoms with E-state index in [2.05, 4.69) is 25.7 Å². The first kappa shape index (κ1) is 17.5. The number of hydrogen-bond donors (Lipinski definition) is 3. The van der Waals surface area contributed by atoms with Crippen LogP contribution in [0.15, 0.2) is 71.8 Å². The van der Waals surface area contributed by atoms with Crippen LogP contribution >= 0.6 is 0 Å². The summed E-state index contributed by atoms with van der Waals surface area (Å²) in [5.41, 5.74) is 2.07. The second-order valence-corrected chi connectivity index (χ2v) is 6.24. The number of amides is 1. The van der Waals surface area contributed by atoms with Crippen molar-refractivity contribution in [1.82, 2.24) is 19.7 Å². The highest BCUT2D eigenvalue weighted by molar-refractivity contribution is 5.90. The van der Waals surface area contributed by atoms with Crippen molar-refractivity contribution in [2.45, 2.75) is 13.1 Å². The number of nitrogens with zero attached hydrogens (tertiary/aromatic N) is 3. The molecule has 0 bridgehead atoms. The maximum atomic E-state index is 12.1. The molecule has 0 aliphatic heterocycles. The van der Waals surface area contributed by atoms with Gasteiger partial charge < -0.3 is 10.6 Å². The Morgan fingerprint density at radius 1 is 1.11 bits per heavy atom. The number of anilines is 2. The number of rotatable bonds is 6. The van der Waals surface area contributed by atoms with Crippen LogP contribution in [0.3, 0.4) is 0 Å². The second kappa shape index (κ2) is 7.75. The van der Waals surface area contributed by atoms with E-state index < -0.39 is 0 Å². The Morgan fingerprint density at radius 2 is 2.00 bits per heavy atom. The second-order valence-electron chi connectivity index (χ2n) is 6.24. The molecule has 4 rings (SSSR count). The summed E-state index contributed by atoms with van der Waals surface area (Å²) in [4.78, 5) is 31.4. The predicted octanol–water partition coefficient (Wildman–Crippen LogP) is 2.37. The van der Waals surface area contributed by atoms with Gasteiger partial charge in [0.1, 0.15) is 6.54 Å². The SMILES string of the molecule is O=C(Cn1cccn1)Nc1cccc(CNc2nc3ccccc3c(=O)[nH]2)c1. The van der Waals surface area contributed by atoms with Crippen LogP contribution in [0, 0.1) is 0 Å². The van der Waals surface area contributed by atoms with E-state index in [1.165, 1.54) is 0 Å². The van der Waals surface area contributed by atoms with Crippen LogP contribution in [0.5, 0.6) is 0 Å². The highest BCUT2D eigenvalue weighted by Gasteiger charge is 2.06. The van der Waals surface area contributed by atoms with Crippen molar-refractivity contribution in [1.29, 1.82) is 0 Å². The largest absolute Gasteiger partial charge is 0.352 e. The van der Waals surface area contributed by atoms with Crippen LogP contribution in [0.4, 0.5) is 11.6 Å². The Hall–Kier alpha value is -3.94. The normalized spacial score (nSPS) is 10.7. The molecule has 1 amide bonds. The molecule has 2 aromatic carbocycles. The van der Waals surface area contributed by atoms with E-state index in [0.717, 1.165) is 5.56 Å². The van der Waals surface area contributed by atoms with E-state index >= 15 is 0 Å². The van der Waals surface area contributed by atoms with E-state index in [1.54, 1.807) is 41.3 Å². The molecule has 0 saturated heterocycles. The minimum absolute atomic E-state index is 0.151. The molecule has 140 valence electrons. The van der Waals surface area contributed by atoms with Gasteiger partial charge in [-0.1, -0.05) is 24.3 Å². The molecule has 0 aliphatic rings. The van der Waals surface area contributed by atoms with Crippen LogP contribution < -0.4 is 16.2 Å². The number of fused-ring (bicyclic) bond motifs is 1. The zero-order valence-corrected chi connectivity index (χ0v) is 14.9. The fourth-order valence-corrected chi connectivity index (χ4v) is 2.86. The number of benzene rings is 2. The van der Waals surface area contributed by atoms with Gasteiger partial charge in [0.2, 0.25) is 11.9 Å². The molecule has 0 spiro atoms. The average molecular weight is 374 g/mol. The minimum atomic E-state index is -0.187. The zero-order valence-electron chi connectivity index (χ0n) is 14.9. The molecule has 0 aliphatic carbocycles. The van der Waals surface area contributed by atoms with Gasteiger partial charge in [0.05, 0.1) is 10.9 Å². The van der Waals surface area contributed by atoms with Gasteiger partial charge in [0.15, 0.2) is 0 Å². The topological polar surface area (TPSA) is 105 Å². The summed E-state index contributed by atoms with van der Waals surface area (Å²) in [5.74, 6) is 0.242. The fraction of sp³-hybridized carbons (Fsp3) is 0.100. The van der Waals surface area contributed by atoms with Gasteiger partial charge in [-0.25, -0.2) is 4.98 Å². The molecule has 8 nitrogen and oxygen atoms in total. The number of para-hydroxylation sites is 1. The molecular weight excluding hydrogens is 356 g/mol. The standard InChI is InChI=1S/C20H18N6O2/c27-18(13-26-10-4-9-22-26)23-15-6-3-5-14(11-15)12-21-20-24-17-8-2-1-7-16(17)19(28)25-20/h1-11H,12-13H2,(H,23,27)(H2,21,24,25,28). The molecule has 0 fully saturated rings. The summed E-state index contributed by atoms with van der Waals surface area (Å²) in [6.45, 7) is 0.599. The molecule has 0 atom stereocenters. The number of carbonyl (C=O) groups excluding carboxylic acids is 1.